The first kappa shape index (κ1) is 22.4. The summed E-state index contributed by atoms with van der Waals surface area (Å²) in [4.78, 5) is 25.5. The summed E-state index contributed by atoms with van der Waals surface area (Å²) >= 11 is 2.57. The normalized spacial score (nSPS) is 13.1. The number of nitrogens with zero attached hydrogens (tertiary/aromatic N) is 3. The van der Waals surface area contributed by atoms with Gasteiger partial charge in [0.05, 0.1) is 18.6 Å². The molecule has 1 fully saturated rings. The van der Waals surface area contributed by atoms with Crippen molar-refractivity contribution >= 4 is 40.0 Å². The molecule has 174 valence electrons. The third-order valence-corrected chi connectivity index (χ3v) is 7.08. The van der Waals surface area contributed by atoms with Gasteiger partial charge in [-0.1, -0.05) is 30.0 Å². The number of carbonyl (C=O) groups excluding carboxylic acids is 2. The number of rotatable bonds is 9. The Bertz CT molecular complexity index is 1290. The molecule has 1 aromatic carbocycles. The summed E-state index contributed by atoms with van der Waals surface area (Å²) in [5.74, 6) is 1.24. The molecule has 0 spiro atoms. The maximum atomic E-state index is 12.9. The summed E-state index contributed by atoms with van der Waals surface area (Å²) < 4.78 is 12.7. The third kappa shape index (κ3) is 4.64. The van der Waals surface area contributed by atoms with Gasteiger partial charge in [0.25, 0.3) is 0 Å². The Morgan fingerprint density at radius 3 is 2.74 bits per heavy atom. The number of esters is 1. The quantitative estimate of drug-likeness (QED) is 0.246. The summed E-state index contributed by atoms with van der Waals surface area (Å²) in [5.41, 5.74) is 1.86. The van der Waals surface area contributed by atoms with E-state index in [1.54, 1.807) is 24.4 Å². The summed E-state index contributed by atoms with van der Waals surface area (Å²) in [6, 6.07) is 13.4. The number of aromatic nitrogens is 3. The lowest BCUT2D eigenvalue weighted by atomic mass is 10.1. The molecule has 3 heterocycles. The number of nitrogens with one attached hydrogen (secondary N) is 1. The second-order valence-electron chi connectivity index (χ2n) is 7.67. The largest absolute Gasteiger partial charge is 0.464 e. The van der Waals surface area contributed by atoms with Crippen LogP contribution in [0, 0.1) is 0 Å². The van der Waals surface area contributed by atoms with Gasteiger partial charge in [0.15, 0.2) is 5.16 Å². The topological polar surface area (TPSA) is 99.2 Å². The lowest BCUT2D eigenvalue weighted by molar-refractivity contribution is -0.113. The number of amides is 1. The van der Waals surface area contributed by atoms with Crippen LogP contribution >= 0.6 is 23.1 Å². The van der Waals surface area contributed by atoms with Crippen LogP contribution in [-0.4, -0.2) is 39.0 Å². The molecular formula is C24H22N4O4S2. The standard InChI is InChI=1S/C24H22N4O4S2/c1-2-31-23(30)20-17(18-9-6-12-32-18)13-33-22(20)25-19(29)14-34-24-27-26-21(15-10-11-15)28(24)16-7-4-3-5-8-16/h3-9,12-13,15H,2,10-11,14H2,1H3,(H,25,29). The van der Waals surface area contributed by atoms with Crippen molar-refractivity contribution in [3.05, 3.63) is 65.5 Å². The minimum atomic E-state index is -0.504. The Balaban J connectivity index is 1.34. The van der Waals surface area contributed by atoms with E-state index in [1.165, 1.54) is 29.4 Å². The highest BCUT2D eigenvalue weighted by Gasteiger charge is 2.31. The van der Waals surface area contributed by atoms with Gasteiger partial charge in [0.2, 0.25) is 5.91 Å². The van der Waals surface area contributed by atoms with Gasteiger partial charge in [-0.25, -0.2) is 4.79 Å². The van der Waals surface area contributed by atoms with Crippen LogP contribution in [0.1, 0.15) is 41.9 Å². The summed E-state index contributed by atoms with van der Waals surface area (Å²) in [6.45, 7) is 1.97. The van der Waals surface area contributed by atoms with Crippen LogP contribution in [0.25, 0.3) is 17.0 Å². The van der Waals surface area contributed by atoms with Gasteiger partial charge in [-0.2, -0.15) is 0 Å². The van der Waals surface area contributed by atoms with Gasteiger partial charge in [-0.05, 0) is 44.0 Å². The Morgan fingerprint density at radius 2 is 2.03 bits per heavy atom. The number of hydrogen-bond donors (Lipinski definition) is 1. The predicted octanol–water partition coefficient (Wildman–Crippen LogP) is 5.37. The SMILES string of the molecule is CCOC(=O)c1c(-c2ccco2)csc1NC(=O)CSc1nnc(C2CC2)n1-c1ccccc1. The molecule has 8 nitrogen and oxygen atoms in total. The molecule has 1 saturated carbocycles. The van der Waals surface area contributed by atoms with Crippen molar-refractivity contribution in [2.24, 2.45) is 0 Å². The van der Waals surface area contributed by atoms with Crippen molar-refractivity contribution in [3.8, 4) is 17.0 Å². The number of thiophene rings is 1. The Morgan fingerprint density at radius 1 is 1.21 bits per heavy atom. The van der Waals surface area contributed by atoms with E-state index in [0.29, 0.717) is 33.0 Å². The fourth-order valence-corrected chi connectivity index (χ4v) is 5.27. The van der Waals surface area contributed by atoms with E-state index in [0.717, 1.165) is 24.4 Å². The van der Waals surface area contributed by atoms with Crippen molar-refractivity contribution in [1.29, 1.82) is 0 Å². The van der Waals surface area contributed by atoms with Crippen LogP contribution in [0.15, 0.2) is 63.7 Å². The number of benzene rings is 1. The minimum Gasteiger partial charge on any atom is -0.464 e. The molecule has 0 bridgehead atoms. The van der Waals surface area contributed by atoms with Crippen molar-refractivity contribution in [1.82, 2.24) is 14.8 Å². The lowest BCUT2D eigenvalue weighted by Crippen LogP contribution is -2.16. The van der Waals surface area contributed by atoms with Gasteiger partial charge in [0.1, 0.15) is 22.1 Å². The first-order chi connectivity index (χ1) is 16.7. The highest BCUT2D eigenvalue weighted by molar-refractivity contribution is 7.99. The summed E-state index contributed by atoms with van der Waals surface area (Å²) in [7, 11) is 0. The number of ether oxygens (including phenoxy) is 1. The zero-order chi connectivity index (χ0) is 23.5. The average molecular weight is 495 g/mol. The van der Waals surface area contributed by atoms with Crippen LogP contribution in [0.5, 0.6) is 0 Å². The maximum absolute atomic E-state index is 12.9. The minimum absolute atomic E-state index is 0.117. The molecule has 1 aliphatic carbocycles. The number of hydrogen-bond acceptors (Lipinski definition) is 8. The van der Waals surface area contributed by atoms with Crippen LogP contribution in [0.2, 0.25) is 0 Å². The third-order valence-electron chi connectivity index (χ3n) is 5.26. The molecule has 1 N–H and O–H groups in total. The number of carbonyl (C=O) groups is 2. The van der Waals surface area contributed by atoms with E-state index in [-0.39, 0.29) is 18.3 Å². The van der Waals surface area contributed by atoms with E-state index < -0.39 is 5.97 Å². The van der Waals surface area contributed by atoms with Gasteiger partial charge in [-0.3, -0.25) is 9.36 Å². The zero-order valence-corrected chi connectivity index (χ0v) is 20.0. The zero-order valence-electron chi connectivity index (χ0n) is 18.4. The van der Waals surface area contributed by atoms with Gasteiger partial charge in [0, 0.05) is 22.5 Å². The molecule has 34 heavy (non-hydrogen) atoms. The molecule has 0 aliphatic heterocycles. The molecule has 0 unspecified atom stereocenters. The number of thioether (sulfide) groups is 1. The van der Waals surface area contributed by atoms with Crippen molar-refractivity contribution in [2.75, 3.05) is 17.7 Å². The molecule has 0 atom stereocenters. The molecular weight excluding hydrogens is 472 g/mol. The summed E-state index contributed by atoms with van der Waals surface area (Å²) in [5, 5.41) is 14.5. The molecule has 1 aliphatic rings. The Labute approximate surface area is 204 Å². The molecule has 3 aromatic heterocycles. The van der Waals surface area contributed by atoms with E-state index in [9.17, 15) is 9.59 Å². The van der Waals surface area contributed by atoms with Crippen molar-refractivity contribution in [2.45, 2.75) is 30.8 Å². The first-order valence-electron chi connectivity index (χ1n) is 10.9. The Hall–Kier alpha value is -3.37. The van der Waals surface area contributed by atoms with Crippen molar-refractivity contribution in [3.63, 3.8) is 0 Å². The van der Waals surface area contributed by atoms with Crippen molar-refractivity contribution < 1.29 is 18.7 Å². The highest BCUT2D eigenvalue weighted by Crippen LogP contribution is 2.41. The van der Waals surface area contributed by atoms with Gasteiger partial charge >= 0.3 is 5.97 Å². The number of anilines is 1. The number of furan rings is 1. The molecule has 4 aromatic rings. The Kier molecular flexibility index (Phi) is 6.50. The monoisotopic (exact) mass is 494 g/mol. The van der Waals surface area contributed by atoms with Gasteiger partial charge in [-0.15, -0.1) is 21.5 Å². The first-order valence-corrected chi connectivity index (χ1v) is 12.8. The smallest absolute Gasteiger partial charge is 0.341 e. The van der Waals surface area contributed by atoms with Crippen LogP contribution < -0.4 is 5.32 Å². The van der Waals surface area contributed by atoms with Crippen LogP contribution in [-0.2, 0) is 9.53 Å². The van der Waals surface area contributed by atoms with Crippen LogP contribution in [0.3, 0.4) is 0 Å². The van der Waals surface area contributed by atoms with E-state index >= 15 is 0 Å². The highest BCUT2D eigenvalue weighted by atomic mass is 32.2. The maximum Gasteiger partial charge on any atom is 0.341 e. The fraction of sp³-hybridized carbons (Fsp3) is 0.250. The summed E-state index contributed by atoms with van der Waals surface area (Å²) in [6.07, 6.45) is 3.74. The molecule has 0 radical (unpaired) electrons. The average Bonchev–Trinajstić information content (AvgIpc) is 3.23. The second kappa shape index (κ2) is 9.86. The molecule has 1 amide bonds. The number of para-hydroxylation sites is 1. The second-order valence-corrected chi connectivity index (χ2v) is 9.50. The lowest BCUT2D eigenvalue weighted by Gasteiger charge is -2.10. The van der Waals surface area contributed by atoms with Crippen LogP contribution in [0.4, 0.5) is 5.00 Å². The molecule has 10 heteroatoms. The van der Waals surface area contributed by atoms with Gasteiger partial charge < -0.3 is 14.5 Å². The molecule has 0 saturated heterocycles. The molecule has 5 rings (SSSR count). The van der Waals surface area contributed by atoms with E-state index in [2.05, 4.69) is 15.5 Å². The fourth-order valence-electron chi connectivity index (χ4n) is 3.56. The van der Waals surface area contributed by atoms with E-state index in [4.69, 9.17) is 9.15 Å². The van der Waals surface area contributed by atoms with E-state index in [1.807, 2.05) is 34.9 Å². The predicted molar refractivity (Wildman–Crippen MR) is 131 cm³/mol.